The van der Waals surface area contributed by atoms with Gasteiger partial charge in [-0.2, -0.15) is 13.2 Å². The second kappa shape index (κ2) is 4.73. The molecule has 8 heteroatoms. The summed E-state index contributed by atoms with van der Waals surface area (Å²) in [6, 6.07) is 7.31. The fourth-order valence-corrected chi connectivity index (χ4v) is 2.33. The number of benzene rings is 1. The number of hydrogen-bond donors (Lipinski definition) is 1. The topological polar surface area (TPSA) is 56.2 Å². The fourth-order valence-electron chi connectivity index (χ4n) is 1.96. The van der Waals surface area contributed by atoms with Crippen LogP contribution in [0.2, 0.25) is 0 Å². The van der Waals surface area contributed by atoms with E-state index in [2.05, 4.69) is 26.1 Å². The predicted octanol–water partition coefficient (Wildman–Crippen LogP) is 3.76. The molecule has 4 nitrogen and oxygen atoms in total. The van der Waals surface area contributed by atoms with Gasteiger partial charge in [0.05, 0.1) is 5.56 Å². The highest BCUT2D eigenvalue weighted by atomic mass is 79.9. The zero-order valence-corrected chi connectivity index (χ0v) is 12.0. The number of aromatic nitrogens is 3. The number of halogens is 4. The normalized spacial score (nSPS) is 12.0. The lowest BCUT2D eigenvalue weighted by atomic mass is 10.1. The van der Waals surface area contributed by atoms with Crippen molar-refractivity contribution in [1.29, 1.82) is 0 Å². The van der Waals surface area contributed by atoms with Gasteiger partial charge < -0.3 is 5.73 Å². The number of alkyl halides is 3. The van der Waals surface area contributed by atoms with Gasteiger partial charge in [-0.05, 0) is 30.3 Å². The second-order valence-corrected chi connectivity index (χ2v) is 5.31. The van der Waals surface area contributed by atoms with E-state index in [4.69, 9.17) is 5.73 Å². The summed E-state index contributed by atoms with van der Waals surface area (Å²) in [6.07, 6.45) is -3.47. The van der Waals surface area contributed by atoms with Crippen LogP contribution in [0.5, 0.6) is 0 Å². The quantitative estimate of drug-likeness (QED) is 0.675. The number of nitrogens with zero attached hydrogens (tertiary/aromatic N) is 3. The molecule has 0 saturated heterocycles. The highest BCUT2D eigenvalue weighted by Gasteiger charge is 2.31. The van der Waals surface area contributed by atoms with Crippen molar-refractivity contribution >= 4 is 27.3 Å². The van der Waals surface area contributed by atoms with E-state index < -0.39 is 11.7 Å². The molecule has 0 aliphatic heterocycles. The fraction of sp³-hybridized carbons (Fsp3) is 0.0769. The van der Waals surface area contributed by atoms with E-state index in [1.807, 2.05) is 0 Å². The summed E-state index contributed by atoms with van der Waals surface area (Å²) in [5.74, 6) is 0.259. The van der Waals surface area contributed by atoms with Gasteiger partial charge in [-0.3, -0.25) is 4.40 Å². The highest BCUT2D eigenvalue weighted by molar-refractivity contribution is 9.10. The monoisotopic (exact) mass is 356 g/mol. The number of nitrogens with two attached hydrogens (primary N) is 1. The summed E-state index contributed by atoms with van der Waals surface area (Å²) in [6.45, 7) is 0. The average molecular weight is 357 g/mol. The first kappa shape index (κ1) is 13.9. The molecule has 1 aromatic carbocycles. The molecular formula is C13H8BrF3N4. The maximum absolute atomic E-state index is 12.8. The Morgan fingerprint density at radius 1 is 1.10 bits per heavy atom. The Kier molecular flexibility index (Phi) is 3.12. The molecule has 0 unspecified atom stereocenters. The molecule has 0 aliphatic rings. The van der Waals surface area contributed by atoms with E-state index >= 15 is 0 Å². The number of nitrogen functional groups attached to an aromatic ring is 1. The average Bonchev–Trinajstić information content (AvgIpc) is 2.83. The molecular weight excluding hydrogens is 349 g/mol. The van der Waals surface area contributed by atoms with Crippen LogP contribution in [0.15, 0.2) is 41.0 Å². The van der Waals surface area contributed by atoms with Crippen molar-refractivity contribution in [3.05, 3.63) is 46.6 Å². The van der Waals surface area contributed by atoms with Crippen molar-refractivity contribution in [3.63, 3.8) is 0 Å². The van der Waals surface area contributed by atoms with E-state index in [9.17, 15) is 13.2 Å². The number of anilines is 1. The summed E-state index contributed by atoms with van der Waals surface area (Å²) in [4.78, 5) is 0. The second-order valence-electron chi connectivity index (χ2n) is 4.40. The molecule has 0 fully saturated rings. The van der Waals surface area contributed by atoms with E-state index in [1.165, 1.54) is 10.5 Å². The maximum atomic E-state index is 12.8. The molecule has 108 valence electrons. The van der Waals surface area contributed by atoms with E-state index in [0.29, 0.717) is 16.9 Å². The summed E-state index contributed by atoms with van der Waals surface area (Å²) >= 11 is 3.30. The summed E-state index contributed by atoms with van der Waals surface area (Å²) in [5, 5.41) is 7.80. The van der Waals surface area contributed by atoms with Crippen LogP contribution in [0.25, 0.3) is 17.0 Å². The van der Waals surface area contributed by atoms with Gasteiger partial charge in [0, 0.05) is 21.9 Å². The van der Waals surface area contributed by atoms with Crippen molar-refractivity contribution in [3.8, 4) is 11.4 Å². The number of hydrogen-bond acceptors (Lipinski definition) is 3. The van der Waals surface area contributed by atoms with Crippen molar-refractivity contribution in [2.75, 3.05) is 5.73 Å². The van der Waals surface area contributed by atoms with Gasteiger partial charge in [0.15, 0.2) is 11.5 Å². The molecule has 0 atom stereocenters. The van der Waals surface area contributed by atoms with Crippen molar-refractivity contribution in [2.24, 2.45) is 0 Å². The van der Waals surface area contributed by atoms with E-state index in [0.717, 1.165) is 16.7 Å². The molecule has 2 N–H and O–H groups in total. The Bertz CT molecular complexity index is 826. The van der Waals surface area contributed by atoms with Crippen LogP contribution in [0.1, 0.15) is 5.56 Å². The maximum Gasteiger partial charge on any atom is 0.417 e. The Morgan fingerprint density at radius 2 is 1.86 bits per heavy atom. The third-order valence-corrected chi connectivity index (χ3v) is 3.48. The lowest BCUT2D eigenvalue weighted by Gasteiger charge is -2.08. The summed E-state index contributed by atoms with van der Waals surface area (Å²) < 4.78 is 40.5. The van der Waals surface area contributed by atoms with Crippen LogP contribution in [-0.4, -0.2) is 14.6 Å². The van der Waals surface area contributed by atoms with Crippen LogP contribution in [0.4, 0.5) is 18.9 Å². The minimum Gasteiger partial charge on any atom is -0.398 e. The highest BCUT2D eigenvalue weighted by Crippen LogP contribution is 2.32. The van der Waals surface area contributed by atoms with Gasteiger partial charge in [-0.1, -0.05) is 15.9 Å². The predicted molar refractivity (Wildman–Crippen MR) is 75.5 cm³/mol. The molecule has 3 rings (SSSR count). The zero-order valence-electron chi connectivity index (χ0n) is 10.4. The van der Waals surface area contributed by atoms with Gasteiger partial charge in [0.1, 0.15) is 0 Å². The largest absolute Gasteiger partial charge is 0.417 e. The molecule has 21 heavy (non-hydrogen) atoms. The SMILES string of the molecule is Nc1ccc(Br)cc1-c1nnc2ccc(C(F)(F)F)cn12. The standard InChI is InChI=1S/C13H8BrF3N4/c14-8-2-3-10(18)9(5-8)12-20-19-11-4-1-7(6-21(11)12)13(15,16)17/h1-6H,18H2. The lowest BCUT2D eigenvalue weighted by molar-refractivity contribution is -0.137. The molecule has 0 aliphatic carbocycles. The first-order valence-corrected chi connectivity index (χ1v) is 6.63. The number of rotatable bonds is 1. The molecule has 0 saturated carbocycles. The Morgan fingerprint density at radius 3 is 2.57 bits per heavy atom. The van der Waals surface area contributed by atoms with Crippen LogP contribution >= 0.6 is 15.9 Å². The zero-order chi connectivity index (χ0) is 15.2. The van der Waals surface area contributed by atoms with Crippen molar-refractivity contribution in [2.45, 2.75) is 6.18 Å². The van der Waals surface area contributed by atoms with E-state index in [-0.39, 0.29) is 5.82 Å². The minimum atomic E-state index is -4.43. The van der Waals surface area contributed by atoms with Gasteiger partial charge >= 0.3 is 6.18 Å². The van der Waals surface area contributed by atoms with Gasteiger partial charge in [-0.15, -0.1) is 10.2 Å². The summed E-state index contributed by atoms with van der Waals surface area (Å²) in [5.41, 5.74) is 6.33. The molecule has 0 bridgehead atoms. The molecule has 2 heterocycles. The lowest BCUT2D eigenvalue weighted by Crippen LogP contribution is -2.06. The van der Waals surface area contributed by atoms with Crippen molar-refractivity contribution < 1.29 is 13.2 Å². The van der Waals surface area contributed by atoms with E-state index in [1.54, 1.807) is 18.2 Å². The molecule has 3 aromatic rings. The van der Waals surface area contributed by atoms with Gasteiger partial charge in [0.2, 0.25) is 0 Å². The molecule has 0 radical (unpaired) electrons. The van der Waals surface area contributed by atoms with Crippen molar-refractivity contribution in [1.82, 2.24) is 14.6 Å². The van der Waals surface area contributed by atoms with Gasteiger partial charge in [0.25, 0.3) is 0 Å². The van der Waals surface area contributed by atoms with Crippen LogP contribution in [-0.2, 0) is 6.18 Å². The third kappa shape index (κ3) is 2.46. The number of fused-ring (bicyclic) bond motifs is 1. The third-order valence-electron chi connectivity index (χ3n) is 2.99. The number of pyridine rings is 1. The Hall–Kier alpha value is -2.09. The molecule has 2 aromatic heterocycles. The van der Waals surface area contributed by atoms with Crippen LogP contribution < -0.4 is 5.73 Å². The smallest absolute Gasteiger partial charge is 0.398 e. The van der Waals surface area contributed by atoms with Crippen LogP contribution in [0.3, 0.4) is 0 Å². The first-order chi connectivity index (χ1) is 9.86. The van der Waals surface area contributed by atoms with Crippen LogP contribution in [0, 0.1) is 0 Å². The van der Waals surface area contributed by atoms with Gasteiger partial charge in [-0.25, -0.2) is 0 Å². The summed E-state index contributed by atoms with van der Waals surface area (Å²) in [7, 11) is 0. The molecule has 0 amide bonds. The minimum absolute atomic E-state index is 0.259. The first-order valence-electron chi connectivity index (χ1n) is 5.83. The molecule has 0 spiro atoms. The Labute approximate surface area is 125 Å². The Balaban J connectivity index is 2.26.